The second-order valence-corrected chi connectivity index (χ2v) is 12.3. The summed E-state index contributed by atoms with van der Waals surface area (Å²) in [5, 5.41) is 25.6. The van der Waals surface area contributed by atoms with Crippen molar-refractivity contribution in [3.63, 3.8) is 0 Å². The number of rotatable bonds is 14. The number of hydrogen-bond acceptors (Lipinski definition) is 6. The first-order chi connectivity index (χ1) is 21.4. The fourth-order valence-electron chi connectivity index (χ4n) is 5.01. The number of alkyl carbamates (subject to hydrolysis) is 1. The van der Waals surface area contributed by atoms with E-state index in [1.165, 1.54) is 29.2 Å². The van der Waals surface area contributed by atoms with Gasteiger partial charge in [0.2, 0.25) is 5.91 Å². The minimum absolute atomic E-state index is 0.0334. The molecule has 3 rings (SSSR count). The number of nitrogens with one attached hydrogen (secondary N) is 2. The van der Waals surface area contributed by atoms with Gasteiger partial charge >= 0.3 is 6.09 Å². The van der Waals surface area contributed by atoms with Gasteiger partial charge in [-0.1, -0.05) is 75.1 Å². The zero-order valence-electron chi connectivity index (χ0n) is 27.0. The number of nitrogens with zero attached hydrogens (tertiary/aromatic N) is 1. The summed E-state index contributed by atoms with van der Waals surface area (Å²) in [6.45, 7) is 9.49. The van der Waals surface area contributed by atoms with Crippen molar-refractivity contribution < 1.29 is 29.3 Å². The molecule has 3 aromatic carbocycles. The molecule has 0 aliphatic carbocycles. The van der Waals surface area contributed by atoms with E-state index in [0.29, 0.717) is 23.2 Å². The van der Waals surface area contributed by atoms with Crippen molar-refractivity contribution in [3.8, 4) is 11.5 Å². The van der Waals surface area contributed by atoms with Crippen LogP contribution in [0.1, 0.15) is 82.5 Å². The highest BCUT2D eigenvalue weighted by atomic mass is 16.6. The number of carbonyl (C=O) groups excluding carboxylic acids is 3. The van der Waals surface area contributed by atoms with E-state index in [1.807, 2.05) is 25.1 Å². The molecule has 3 aromatic rings. The maximum atomic E-state index is 14.6. The summed E-state index contributed by atoms with van der Waals surface area (Å²) in [6.07, 6.45) is 3.97. The summed E-state index contributed by atoms with van der Waals surface area (Å²) in [5.74, 6) is -0.762. The predicted molar refractivity (Wildman–Crippen MR) is 176 cm³/mol. The Kier molecular flexibility index (Phi) is 12.8. The Hall–Kier alpha value is -4.53. The maximum absolute atomic E-state index is 14.6. The molecule has 45 heavy (non-hydrogen) atoms. The van der Waals surface area contributed by atoms with Crippen LogP contribution in [-0.2, 0) is 20.7 Å². The molecule has 4 N–H and O–H groups in total. The molecule has 9 heteroatoms. The van der Waals surface area contributed by atoms with Crippen molar-refractivity contribution >= 4 is 23.6 Å². The predicted octanol–water partition coefficient (Wildman–Crippen LogP) is 7.02. The molecule has 0 bridgehead atoms. The number of ether oxygens (including phenoxy) is 1. The van der Waals surface area contributed by atoms with Crippen molar-refractivity contribution in [3.05, 3.63) is 89.5 Å². The second-order valence-electron chi connectivity index (χ2n) is 12.3. The van der Waals surface area contributed by atoms with Crippen molar-refractivity contribution in [2.45, 2.75) is 90.8 Å². The van der Waals surface area contributed by atoms with Crippen molar-refractivity contribution in [2.75, 3.05) is 11.9 Å². The zero-order chi connectivity index (χ0) is 33.0. The van der Waals surface area contributed by atoms with Gasteiger partial charge < -0.3 is 30.5 Å². The summed E-state index contributed by atoms with van der Waals surface area (Å²) in [7, 11) is 0. The summed E-state index contributed by atoms with van der Waals surface area (Å²) >= 11 is 0. The standard InChI is InChI=1S/C36H47N3O6/c1-6-7-8-9-12-23-39(32(27-17-21-29(41)22-18-27)33(42)37-30-14-11-10-13-25(30)2)34(43)31(38-35(44)45-36(3,4)5)24-26-15-19-28(40)20-16-26/h10-11,13-22,31-32,40-41H,6-9,12,23-24H2,1-5H3,(H,37,42)(H,38,44). The molecule has 0 spiro atoms. The molecule has 0 radical (unpaired) electrons. The molecule has 242 valence electrons. The third-order valence-electron chi connectivity index (χ3n) is 7.32. The van der Waals surface area contributed by atoms with Gasteiger partial charge in [-0.3, -0.25) is 9.59 Å². The first-order valence-electron chi connectivity index (χ1n) is 15.6. The monoisotopic (exact) mass is 617 g/mol. The minimum atomic E-state index is -1.08. The average Bonchev–Trinajstić information content (AvgIpc) is 2.98. The van der Waals surface area contributed by atoms with Crippen LogP contribution >= 0.6 is 0 Å². The number of benzene rings is 3. The highest BCUT2D eigenvalue weighted by Crippen LogP contribution is 2.28. The molecule has 0 aromatic heterocycles. The first kappa shape index (κ1) is 35.0. The highest BCUT2D eigenvalue weighted by Gasteiger charge is 2.36. The van der Waals surface area contributed by atoms with Crippen LogP contribution in [0.2, 0.25) is 0 Å². The molecule has 9 nitrogen and oxygen atoms in total. The van der Waals surface area contributed by atoms with Crippen molar-refractivity contribution in [1.29, 1.82) is 0 Å². The van der Waals surface area contributed by atoms with Gasteiger partial charge in [0.15, 0.2) is 0 Å². The summed E-state index contributed by atoms with van der Waals surface area (Å²) in [5.41, 5.74) is 1.91. The largest absolute Gasteiger partial charge is 0.508 e. The summed E-state index contributed by atoms with van der Waals surface area (Å²) in [6, 6.07) is 17.9. The van der Waals surface area contributed by atoms with Gasteiger partial charge in [0.05, 0.1) is 0 Å². The van der Waals surface area contributed by atoms with Crippen LogP contribution in [0.15, 0.2) is 72.8 Å². The van der Waals surface area contributed by atoms with Gasteiger partial charge in [0.1, 0.15) is 29.2 Å². The Balaban J connectivity index is 2.06. The van der Waals surface area contributed by atoms with Crippen LogP contribution in [0.5, 0.6) is 11.5 Å². The van der Waals surface area contributed by atoms with Gasteiger partial charge in [-0.25, -0.2) is 4.79 Å². The van der Waals surface area contributed by atoms with Crippen LogP contribution in [0.25, 0.3) is 0 Å². The number of para-hydroxylation sites is 1. The van der Waals surface area contributed by atoms with Crippen LogP contribution in [-0.4, -0.2) is 51.2 Å². The lowest BCUT2D eigenvalue weighted by molar-refractivity contribution is -0.140. The third kappa shape index (κ3) is 11.2. The number of aryl methyl sites for hydroxylation is 1. The number of unbranched alkanes of at least 4 members (excludes halogenated alkanes) is 4. The van der Waals surface area contributed by atoms with Gasteiger partial charge in [-0.2, -0.15) is 0 Å². The third-order valence-corrected chi connectivity index (χ3v) is 7.32. The second kappa shape index (κ2) is 16.5. The zero-order valence-corrected chi connectivity index (χ0v) is 27.0. The van der Waals surface area contributed by atoms with E-state index in [2.05, 4.69) is 17.6 Å². The number of carbonyl (C=O) groups is 3. The van der Waals surface area contributed by atoms with Gasteiger partial charge in [-0.15, -0.1) is 0 Å². The molecule has 0 aliphatic rings. The van der Waals surface area contributed by atoms with Crippen LogP contribution in [0.3, 0.4) is 0 Å². The molecule has 0 fully saturated rings. The Labute approximate surface area is 266 Å². The first-order valence-corrected chi connectivity index (χ1v) is 15.6. The highest BCUT2D eigenvalue weighted by molar-refractivity contribution is 5.99. The molecule has 0 saturated carbocycles. The number of phenolic OH excluding ortho intramolecular Hbond substituents is 2. The molecule has 0 aliphatic heterocycles. The number of hydrogen-bond donors (Lipinski definition) is 4. The summed E-state index contributed by atoms with van der Waals surface area (Å²) < 4.78 is 5.51. The Bertz CT molecular complexity index is 1400. The van der Waals surface area contributed by atoms with E-state index in [0.717, 1.165) is 31.2 Å². The maximum Gasteiger partial charge on any atom is 0.408 e. The topological polar surface area (TPSA) is 128 Å². The smallest absolute Gasteiger partial charge is 0.408 e. The Morgan fingerprint density at radius 1 is 0.844 bits per heavy atom. The van der Waals surface area contributed by atoms with E-state index in [1.54, 1.807) is 51.1 Å². The van der Waals surface area contributed by atoms with E-state index >= 15 is 0 Å². The Morgan fingerprint density at radius 2 is 1.44 bits per heavy atom. The van der Waals surface area contributed by atoms with Crippen molar-refractivity contribution in [2.24, 2.45) is 0 Å². The number of amides is 3. The van der Waals surface area contributed by atoms with Crippen LogP contribution in [0, 0.1) is 6.92 Å². The quantitative estimate of drug-likeness (QED) is 0.144. The Morgan fingerprint density at radius 3 is 2.04 bits per heavy atom. The van der Waals surface area contributed by atoms with E-state index in [-0.39, 0.29) is 24.5 Å². The number of aromatic hydroxyl groups is 2. The lowest BCUT2D eigenvalue weighted by Gasteiger charge is -2.35. The molecule has 2 unspecified atom stereocenters. The number of anilines is 1. The fraction of sp³-hybridized carbons (Fsp3) is 0.417. The van der Waals surface area contributed by atoms with Gasteiger partial charge in [0.25, 0.3) is 5.91 Å². The lowest BCUT2D eigenvalue weighted by atomic mass is 9.99. The van der Waals surface area contributed by atoms with E-state index in [9.17, 15) is 24.6 Å². The molecule has 3 amide bonds. The van der Waals surface area contributed by atoms with Crippen LogP contribution in [0.4, 0.5) is 10.5 Å². The molecule has 2 atom stereocenters. The van der Waals surface area contributed by atoms with E-state index < -0.39 is 35.6 Å². The number of phenols is 2. The average molecular weight is 618 g/mol. The normalized spacial score (nSPS) is 12.6. The fourth-order valence-corrected chi connectivity index (χ4v) is 5.01. The van der Waals surface area contributed by atoms with Gasteiger partial charge in [0, 0.05) is 18.7 Å². The molecular weight excluding hydrogens is 570 g/mol. The SMILES string of the molecule is CCCCCCCN(C(=O)C(Cc1ccc(O)cc1)NC(=O)OC(C)(C)C)C(C(=O)Nc1ccccc1C)c1ccc(O)cc1. The lowest BCUT2D eigenvalue weighted by Crippen LogP contribution is -2.53. The summed E-state index contributed by atoms with van der Waals surface area (Å²) in [4.78, 5) is 43.3. The van der Waals surface area contributed by atoms with Crippen molar-refractivity contribution in [1.82, 2.24) is 10.2 Å². The molecular formula is C36H47N3O6. The van der Waals surface area contributed by atoms with Crippen LogP contribution < -0.4 is 10.6 Å². The van der Waals surface area contributed by atoms with E-state index in [4.69, 9.17) is 4.74 Å². The minimum Gasteiger partial charge on any atom is -0.508 e. The molecule has 0 saturated heterocycles. The molecule has 0 heterocycles. The van der Waals surface area contributed by atoms with Gasteiger partial charge in [-0.05, 0) is 81.1 Å².